The second-order valence-electron chi connectivity index (χ2n) is 27.0. The van der Waals surface area contributed by atoms with Gasteiger partial charge >= 0.3 is 11.9 Å². The molecule has 0 saturated heterocycles. The number of nitrogens with two attached hydrogens (primary N) is 3. The number of amides is 15. The molecule has 2 heterocycles. The van der Waals surface area contributed by atoms with Crippen LogP contribution in [0.4, 0.5) is 0 Å². The maximum atomic E-state index is 14.3. The van der Waals surface area contributed by atoms with Crippen LogP contribution >= 0.6 is 0 Å². The molecular formula is C67H111N21O20. The number of carboxylic acids is 2. The summed E-state index contributed by atoms with van der Waals surface area (Å²) in [4.78, 5) is 241. The largest absolute Gasteiger partial charge is 0.481 e. The molecule has 41 nitrogen and oxygen atoms in total. The van der Waals surface area contributed by atoms with Gasteiger partial charge in [-0.25, -0.2) is 14.8 Å². The smallest absolute Gasteiger partial charge is 0.328 e. The molecule has 0 radical (unpaired) electrons. The molecule has 2 aromatic rings. The quantitative estimate of drug-likeness (QED) is 0.0274. The lowest BCUT2D eigenvalue weighted by Crippen LogP contribution is -2.61. The SMILES string of the molecule is CC[C@H](C)[C@H](NC(=O)[C@H](CCCCN)NC(=O)CNC(=O)[C@H](C)NC(=O)[C@H](Cc1c[nH]cn1)NC(=O)[C@H](C)NC(=O)[C@H](CCC(N)=O)NC(=O)[C@@H](NC(=O)[C@H](Cc1c[nH]cn1)NC(=O)[C@@H](NC(=O)CN)C(C)C)[C@@H](C)CC)C(=O)N[C@@H](CCC(=O)O)C(=O)N[C@@H](C)C(=O)N[C@@H](CC(C)C)C(=O)N[C@@H](CO)C(=O)O. The van der Waals surface area contributed by atoms with Crippen LogP contribution in [0.3, 0.4) is 0 Å². The van der Waals surface area contributed by atoms with E-state index in [1.165, 1.54) is 45.8 Å². The maximum absolute atomic E-state index is 14.3. The zero-order valence-corrected chi connectivity index (χ0v) is 62.8. The van der Waals surface area contributed by atoms with E-state index in [1.54, 1.807) is 55.4 Å². The van der Waals surface area contributed by atoms with Gasteiger partial charge in [0.25, 0.3) is 0 Å². The molecule has 25 N–H and O–H groups in total. The molecule has 15 amide bonds. The number of unbranched alkanes of at least 4 members (excludes halogenated alkanes) is 1. The summed E-state index contributed by atoms with van der Waals surface area (Å²) in [5, 5.41) is 63.0. The van der Waals surface area contributed by atoms with Crippen LogP contribution in [0.25, 0.3) is 0 Å². The molecule has 0 unspecified atom stereocenters. The first kappa shape index (κ1) is 93.4. The minimum absolute atomic E-state index is 0.00321. The summed E-state index contributed by atoms with van der Waals surface area (Å²) < 4.78 is 0. The number of aliphatic hydroxyl groups is 1. The Balaban J connectivity index is 2.30. The Morgan fingerprint density at radius 1 is 0.435 bits per heavy atom. The fourth-order valence-electron chi connectivity index (χ4n) is 10.4. The van der Waals surface area contributed by atoms with Crippen molar-refractivity contribution in [2.24, 2.45) is 40.9 Å². The number of carbonyl (C=O) groups excluding carboxylic acids is 15. The molecule has 0 aliphatic carbocycles. The standard InChI is InChI=1S/C67H111N21O20/c1-12-34(7)53(65(105)81-43(18-20-51(93)94)59(99)78-37(10)56(96)82-44(22-32(3)4)62(102)85-47(29-89)67(107)108)87-60(100)41(16-14-15-21-68)79-50(92)28-73-55(95)36(9)76-61(101)45(23-39-26-71-30-74-39)83-57(97)38(11)77-58(98)42(17-19-48(70)90)80-66(106)54(35(8)13-2)88-63(103)46(24-40-27-72-31-75-40)84-64(104)52(33(5)6)86-49(91)25-69/h26-27,30-38,41-47,52-54,89H,12-25,28-29,68-69H2,1-11H3,(H2,70,90)(H,71,74)(H,72,75)(H,73,95)(H,76,101)(H,77,98)(H,78,99)(H,79,92)(H,80,106)(H,81,105)(H,82,96)(H,83,97)(H,84,104)(H,85,102)(H,86,91)(H,87,100)(H,88,103)(H,93,94)(H,107,108)/t34-,35-,36-,37-,38-,41-,42-,43-,44-,45-,46-,47-,52-,53-,54-/m0/s1. The highest BCUT2D eigenvalue weighted by atomic mass is 16.4. The number of imidazole rings is 2. The molecule has 0 aliphatic heterocycles. The van der Waals surface area contributed by atoms with Crippen molar-refractivity contribution in [1.29, 1.82) is 0 Å². The van der Waals surface area contributed by atoms with Crippen LogP contribution in [0.5, 0.6) is 0 Å². The van der Waals surface area contributed by atoms with E-state index in [0.29, 0.717) is 18.5 Å². The molecule has 2 rings (SSSR count). The summed E-state index contributed by atoms with van der Waals surface area (Å²) in [5.74, 6) is -18.5. The predicted octanol–water partition coefficient (Wildman–Crippen LogP) is -6.51. The van der Waals surface area contributed by atoms with E-state index in [4.69, 9.17) is 17.2 Å². The van der Waals surface area contributed by atoms with E-state index in [9.17, 15) is 96.8 Å². The van der Waals surface area contributed by atoms with Gasteiger partial charge in [-0.15, -0.1) is 0 Å². The Kier molecular flexibility index (Phi) is 41.3. The van der Waals surface area contributed by atoms with Crippen molar-refractivity contribution in [2.45, 2.75) is 232 Å². The summed E-state index contributed by atoms with van der Waals surface area (Å²) in [7, 11) is 0. The average Bonchev–Trinajstić information content (AvgIpc) is 1.12. The zero-order valence-electron chi connectivity index (χ0n) is 62.8. The number of primary amides is 1. The molecule has 108 heavy (non-hydrogen) atoms. The van der Waals surface area contributed by atoms with Gasteiger partial charge in [0.2, 0.25) is 88.6 Å². The van der Waals surface area contributed by atoms with Crippen molar-refractivity contribution < 1.29 is 96.8 Å². The van der Waals surface area contributed by atoms with Crippen molar-refractivity contribution in [3.8, 4) is 0 Å². The molecule has 41 heteroatoms. The van der Waals surface area contributed by atoms with E-state index >= 15 is 0 Å². The third kappa shape index (κ3) is 33.4. The minimum atomic E-state index is -1.69. The van der Waals surface area contributed by atoms with Crippen LogP contribution < -0.4 is 91.6 Å². The first-order valence-electron chi connectivity index (χ1n) is 35.7. The number of aliphatic carboxylic acids is 2. The third-order valence-corrected chi connectivity index (χ3v) is 17.2. The van der Waals surface area contributed by atoms with Crippen LogP contribution in [0, 0.1) is 23.7 Å². The minimum Gasteiger partial charge on any atom is -0.481 e. The number of hydrogen-bond acceptors (Lipinski definition) is 22. The average molecular weight is 1530 g/mol. The van der Waals surface area contributed by atoms with Gasteiger partial charge in [0.1, 0.15) is 78.5 Å². The first-order chi connectivity index (χ1) is 50.8. The Labute approximate surface area is 624 Å². The number of hydrogen-bond donors (Lipinski definition) is 22. The van der Waals surface area contributed by atoms with Crippen LogP contribution in [0.15, 0.2) is 25.0 Å². The van der Waals surface area contributed by atoms with Gasteiger partial charge < -0.3 is 117 Å². The number of rotatable bonds is 51. The van der Waals surface area contributed by atoms with E-state index in [1.807, 2.05) is 0 Å². The van der Waals surface area contributed by atoms with Crippen molar-refractivity contribution >= 4 is 101 Å². The van der Waals surface area contributed by atoms with Gasteiger partial charge in [-0.3, -0.25) is 76.7 Å². The second kappa shape index (κ2) is 47.8. The molecule has 0 saturated carbocycles. The van der Waals surface area contributed by atoms with Gasteiger partial charge in [-0.1, -0.05) is 68.2 Å². The van der Waals surface area contributed by atoms with Crippen LogP contribution in [-0.2, 0) is 94.3 Å². The van der Waals surface area contributed by atoms with Gasteiger partial charge in [0.15, 0.2) is 0 Å². The van der Waals surface area contributed by atoms with Crippen molar-refractivity contribution in [3.63, 3.8) is 0 Å². The molecule has 0 aliphatic rings. The Morgan fingerprint density at radius 2 is 0.833 bits per heavy atom. The van der Waals surface area contributed by atoms with Gasteiger partial charge in [-0.05, 0) is 89.5 Å². The fourth-order valence-corrected chi connectivity index (χ4v) is 10.4. The highest BCUT2D eigenvalue weighted by molar-refractivity contribution is 6.00. The lowest BCUT2D eigenvalue weighted by molar-refractivity contribution is -0.143. The highest BCUT2D eigenvalue weighted by Crippen LogP contribution is 2.15. The number of H-pyrrole nitrogens is 2. The van der Waals surface area contributed by atoms with Crippen molar-refractivity contribution in [1.82, 2.24) is 94.4 Å². The fraction of sp³-hybridized carbons (Fsp3) is 0.657. The van der Waals surface area contributed by atoms with Crippen LogP contribution in [-0.4, -0.2) is 241 Å². The lowest BCUT2D eigenvalue weighted by atomic mass is 9.96. The topological polar surface area (TPSA) is 655 Å². The Morgan fingerprint density at radius 3 is 1.24 bits per heavy atom. The van der Waals surface area contributed by atoms with Crippen LogP contribution in [0.2, 0.25) is 0 Å². The first-order valence-corrected chi connectivity index (χ1v) is 35.7. The monoisotopic (exact) mass is 1530 g/mol. The van der Waals surface area contributed by atoms with E-state index in [0.717, 1.165) is 0 Å². The van der Waals surface area contributed by atoms with Crippen LogP contribution in [0.1, 0.15) is 152 Å². The molecular weight excluding hydrogens is 1420 g/mol. The second-order valence-corrected chi connectivity index (χ2v) is 27.0. The summed E-state index contributed by atoms with van der Waals surface area (Å²) >= 11 is 0. The molecule has 0 bridgehead atoms. The number of aromatic amines is 2. The lowest BCUT2D eigenvalue weighted by Gasteiger charge is -2.29. The molecule has 2 aromatic heterocycles. The molecule has 0 fully saturated rings. The molecule has 0 spiro atoms. The van der Waals surface area contributed by atoms with E-state index < -0.39 is 242 Å². The van der Waals surface area contributed by atoms with Crippen molar-refractivity contribution in [2.75, 3.05) is 26.2 Å². The third-order valence-electron chi connectivity index (χ3n) is 17.2. The summed E-state index contributed by atoms with van der Waals surface area (Å²) in [6, 6.07) is -18.8. The van der Waals surface area contributed by atoms with Crippen molar-refractivity contribution in [3.05, 3.63) is 36.4 Å². The Bertz CT molecular complexity index is 3360. The summed E-state index contributed by atoms with van der Waals surface area (Å²) in [6.07, 6.45) is 4.17. The normalized spacial score (nSPS) is 15.3. The molecule has 0 aromatic carbocycles. The predicted molar refractivity (Wildman–Crippen MR) is 385 cm³/mol. The van der Waals surface area contributed by atoms with E-state index in [-0.39, 0.29) is 56.7 Å². The molecule has 15 atom stereocenters. The number of nitrogens with zero attached hydrogens (tertiary/aromatic N) is 2. The van der Waals surface area contributed by atoms with E-state index in [2.05, 4.69) is 94.4 Å². The zero-order chi connectivity index (χ0) is 81.7. The number of nitrogens with one attached hydrogen (secondary N) is 16. The van der Waals surface area contributed by atoms with Gasteiger partial charge in [0.05, 0.1) is 43.7 Å². The van der Waals surface area contributed by atoms with Gasteiger partial charge in [-0.2, -0.15) is 0 Å². The highest BCUT2D eigenvalue weighted by Gasteiger charge is 2.38. The van der Waals surface area contributed by atoms with Gasteiger partial charge in [0, 0.05) is 38.1 Å². The number of carboxylic acid groups (broad SMARTS) is 2. The maximum Gasteiger partial charge on any atom is 0.328 e. The summed E-state index contributed by atoms with van der Waals surface area (Å²) in [5.41, 5.74) is 17.3. The molecule has 604 valence electrons. The Hall–Kier alpha value is -10.7. The summed E-state index contributed by atoms with van der Waals surface area (Å²) in [6.45, 7) is 15.1. The number of carbonyl (C=O) groups is 17. The number of aromatic nitrogens is 4. The number of aliphatic hydroxyl groups excluding tert-OH is 1.